The summed E-state index contributed by atoms with van der Waals surface area (Å²) in [6.45, 7) is 3.52. The van der Waals surface area contributed by atoms with E-state index in [1.54, 1.807) is 4.90 Å². The summed E-state index contributed by atoms with van der Waals surface area (Å²) in [4.78, 5) is 8.85. The largest absolute Gasteiger partial charge is 0.433 e. The van der Waals surface area contributed by atoms with Crippen molar-refractivity contribution in [3.8, 4) is 0 Å². The van der Waals surface area contributed by atoms with Crippen LogP contribution in [0.2, 0.25) is 0 Å². The molecule has 2 N–H and O–H groups in total. The number of nitrogen functional groups attached to an aromatic ring is 1. The van der Waals surface area contributed by atoms with Crippen LogP contribution in [0, 0.1) is 0 Å². The highest BCUT2D eigenvalue weighted by Crippen LogP contribution is 2.30. The number of nitrogens with zero attached hydrogens (tertiary/aromatic N) is 3. The summed E-state index contributed by atoms with van der Waals surface area (Å²) in [5, 5.41) is 0. The highest BCUT2D eigenvalue weighted by atomic mass is 19.4. The summed E-state index contributed by atoms with van der Waals surface area (Å²) in [6, 6.07) is 0.925. The summed E-state index contributed by atoms with van der Waals surface area (Å²) in [5.41, 5.74) is 4.34. The molecule has 1 aromatic heterocycles. The molecule has 1 aliphatic rings. The SMILES string of the molecule is CC1CN(c2cc(C(F)(F)F)nc(N)n2)CCCO1. The van der Waals surface area contributed by atoms with Gasteiger partial charge in [0.05, 0.1) is 6.10 Å². The van der Waals surface area contributed by atoms with Crippen molar-refractivity contribution in [1.29, 1.82) is 0 Å². The molecule has 0 aromatic carbocycles. The molecule has 19 heavy (non-hydrogen) atoms. The van der Waals surface area contributed by atoms with E-state index in [1.807, 2.05) is 6.92 Å². The van der Waals surface area contributed by atoms with Gasteiger partial charge in [-0.05, 0) is 13.3 Å². The monoisotopic (exact) mass is 276 g/mol. The van der Waals surface area contributed by atoms with E-state index < -0.39 is 11.9 Å². The Kier molecular flexibility index (Phi) is 3.79. The Labute approximate surface area is 108 Å². The van der Waals surface area contributed by atoms with Gasteiger partial charge in [-0.1, -0.05) is 0 Å². The number of ether oxygens (including phenoxy) is 1. The van der Waals surface area contributed by atoms with Gasteiger partial charge in [0.1, 0.15) is 5.82 Å². The van der Waals surface area contributed by atoms with Gasteiger partial charge in [-0.15, -0.1) is 0 Å². The van der Waals surface area contributed by atoms with E-state index in [4.69, 9.17) is 10.5 Å². The minimum absolute atomic E-state index is 0.0620. The number of rotatable bonds is 1. The Hall–Kier alpha value is -1.57. The van der Waals surface area contributed by atoms with Crippen molar-refractivity contribution in [3.63, 3.8) is 0 Å². The molecule has 0 amide bonds. The third kappa shape index (κ3) is 3.46. The quantitative estimate of drug-likeness (QED) is 0.845. The number of alkyl halides is 3. The van der Waals surface area contributed by atoms with Crippen LogP contribution in [0.3, 0.4) is 0 Å². The Morgan fingerprint density at radius 3 is 2.84 bits per heavy atom. The zero-order valence-corrected chi connectivity index (χ0v) is 10.4. The third-order valence-corrected chi connectivity index (χ3v) is 2.80. The lowest BCUT2D eigenvalue weighted by Gasteiger charge is -2.23. The zero-order valence-electron chi connectivity index (χ0n) is 10.4. The summed E-state index contributed by atoms with van der Waals surface area (Å²) in [6.07, 6.45) is -3.86. The fourth-order valence-corrected chi connectivity index (χ4v) is 1.96. The molecular formula is C11H15F3N4O. The molecule has 1 aliphatic heterocycles. The van der Waals surface area contributed by atoms with E-state index in [0.717, 1.165) is 12.5 Å². The summed E-state index contributed by atoms with van der Waals surface area (Å²) in [7, 11) is 0. The molecule has 0 aliphatic carbocycles. The molecule has 1 aromatic rings. The van der Waals surface area contributed by atoms with E-state index in [0.29, 0.717) is 19.7 Å². The maximum atomic E-state index is 12.7. The van der Waals surface area contributed by atoms with Crippen LogP contribution in [0.5, 0.6) is 0 Å². The molecule has 0 radical (unpaired) electrons. The maximum Gasteiger partial charge on any atom is 0.433 e. The molecule has 1 fully saturated rings. The number of anilines is 2. The standard InChI is InChI=1S/C11H15F3N4O/c1-7-6-18(3-2-4-19-7)9-5-8(11(12,13)14)16-10(15)17-9/h5,7H,2-4,6H2,1H3,(H2,15,16,17). The first-order valence-electron chi connectivity index (χ1n) is 5.94. The fraction of sp³-hybridized carbons (Fsp3) is 0.636. The van der Waals surface area contributed by atoms with Crippen molar-refractivity contribution in [3.05, 3.63) is 11.8 Å². The summed E-state index contributed by atoms with van der Waals surface area (Å²) in [5.74, 6) is -0.181. The average Bonchev–Trinajstić information content (AvgIpc) is 2.52. The topological polar surface area (TPSA) is 64.3 Å². The smallest absolute Gasteiger partial charge is 0.377 e. The molecule has 0 bridgehead atoms. The van der Waals surface area contributed by atoms with Crippen molar-refractivity contribution in [2.24, 2.45) is 0 Å². The number of hydrogen-bond acceptors (Lipinski definition) is 5. The molecule has 0 spiro atoms. The van der Waals surface area contributed by atoms with Gasteiger partial charge in [-0.25, -0.2) is 4.98 Å². The second-order valence-electron chi connectivity index (χ2n) is 4.45. The Morgan fingerprint density at radius 2 is 2.16 bits per heavy atom. The maximum absolute atomic E-state index is 12.7. The van der Waals surface area contributed by atoms with Crippen molar-refractivity contribution >= 4 is 11.8 Å². The minimum atomic E-state index is -4.53. The third-order valence-electron chi connectivity index (χ3n) is 2.80. The molecule has 0 saturated carbocycles. The average molecular weight is 276 g/mol. The van der Waals surface area contributed by atoms with Crippen molar-refractivity contribution in [2.75, 3.05) is 30.3 Å². The Bertz CT molecular complexity index is 452. The number of halogens is 3. The van der Waals surface area contributed by atoms with Crippen LogP contribution in [-0.2, 0) is 10.9 Å². The number of aromatic nitrogens is 2. The number of nitrogens with two attached hydrogens (primary N) is 1. The van der Waals surface area contributed by atoms with Gasteiger partial charge in [-0.2, -0.15) is 18.2 Å². The molecular weight excluding hydrogens is 261 g/mol. The highest BCUT2D eigenvalue weighted by molar-refractivity contribution is 5.44. The molecule has 2 rings (SSSR count). The van der Waals surface area contributed by atoms with Crippen LogP contribution in [-0.4, -0.2) is 35.8 Å². The van der Waals surface area contributed by atoms with Crippen molar-refractivity contribution in [1.82, 2.24) is 9.97 Å². The number of hydrogen-bond donors (Lipinski definition) is 1. The van der Waals surface area contributed by atoms with Gasteiger partial charge in [-0.3, -0.25) is 0 Å². The fourth-order valence-electron chi connectivity index (χ4n) is 1.96. The zero-order chi connectivity index (χ0) is 14.0. The Balaban J connectivity index is 2.30. The summed E-state index contributed by atoms with van der Waals surface area (Å²) < 4.78 is 43.5. The molecule has 1 saturated heterocycles. The van der Waals surface area contributed by atoms with Gasteiger partial charge in [0.15, 0.2) is 5.69 Å². The van der Waals surface area contributed by atoms with E-state index in [1.165, 1.54) is 0 Å². The van der Waals surface area contributed by atoms with Crippen molar-refractivity contribution < 1.29 is 17.9 Å². The molecule has 106 valence electrons. The molecule has 1 unspecified atom stereocenters. The molecule has 8 heteroatoms. The lowest BCUT2D eigenvalue weighted by atomic mass is 10.3. The van der Waals surface area contributed by atoms with E-state index >= 15 is 0 Å². The molecule has 5 nitrogen and oxygen atoms in total. The first-order valence-corrected chi connectivity index (χ1v) is 5.94. The van der Waals surface area contributed by atoms with Crippen LogP contribution in [0.4, 0.5) is 24.9 Å². The first kappa shape index (κ1) is 13.9. The van der Waals surface area contributed by atoms with Crippen LogP contribution >= 0.6 is 0 Å². The normalized spacial score (nSPS) is 21.3. The van der Waals surface area contributed by atoms with E-state index in [-0.39, 0.29) is 17.9 Å². The first-order chi connectivity index (χ1) is 8.86. The summed E-state index contributed by atoms with van der Waals surface area (Å²) >= 11 is 0. The predicted molar refractivity (Wildman–Crippen MR) is 63.7 cm³/mol. The molecule has 2 heterocycles. The minimum Gasteiger partial charge on any atom is -0.377 e. The van der Waals surface area contributed by atoms with Gasteiger partial charge >= 0.3 is 6.18 Å². The van der Waals surface area contributed by atoms with Crippen LogP contribution in [0.25, 0.3) is 0 Å². The van der Waals surface area contributed by atoms with E-state index in [9.17, 15) is 13.2 Å². The molecule has 1 atom stereocenters. The van der Waals surface area contributed by atoms with Gasteiger partial charge < -0.3 is 15.4 Å². The van der Waals surface area contributed by atoms with Crippen LogP contribution < -0.4 is 10.6 Å². The second kappa shape index (κ2) is 5.20. The van der Waals surface area contributed by atoms with Crippen molar-refractivity contribution in [2.45, 2.75) is 25.6 Å². The lowest BCUT2D eigenvalue weighted by molar-refractivity contribution is -0.141. The van der Waals surface area contributed by atoms with E-state index in [2.05, 4.69) is 9.97 Å². The van der Waals surface area contributed by atoms with Crippen LogP contribution in [0.15, 0.2) is 6.07 Å². The Morgan fingerprint density at radius 1 is 1.42 bits per heavy atom. The lowest BCUT2D eigenvalue weighted by Crippen LogP contribution is -2.31. The van der Waals surface area contributed by atoms with Gasteiger partial charge in [0.25, 0.3) is 0 Å². The predicted octanol–water partition coefficient (Wildman–Crippen LogP) is 1.69. The van der Waals surface area contributed by atoms with Crippen LogP contribution in [0.1, 0.15) is 19.0 Å². The van der Waals surface area contributed by atoms with Gasteiger partial charge in [0, 0.05) is 25.8 Å². The second-order valence-corrected chi connectivity index (χ2v) is 4.45. The highest BCUT2D eigenvalue weighted by Gasteiger charge is 2.34. The van der Waals surface area contributed by atoms with Gasteiger partial charge in [0.2, 0.25) is 5.95 Å².